The van der Waals surface area contributed by atoms with Crippen molar-refractivity contribution in [1.82, 2.24) is 20.8 Å². The van der Waals surface area contributed by atoms with Crippen molar-refractivity contribution in [3.8, 4) is 12.1 Å². The second-order valence-corrected chi connectivity index (χ2v) is 8.59. The Balaban J connectivity index is 1.74. The van der Waals surface area contributed by atoms with Gasteiger partial charge in [-0.05, 0) is 30.4 Å². The number of halogens is 1. The van der Waals surface area contributed by atoms with Crippen molar-refractivity contribution in [3.05, 3.63) is 58.4 Å². The van der Waals surface area contributed by atoms with Gasteiger partial charge in [0.05, 0.1) is 17.0 Å². The van der Waals surface area contributed by atoms with Crippen LogP contribution in [0.15, 0.2) is 24.3 Å². The third-order valence-corrected chi connectivity index (χ3v) is 7.28. The SMILES string of the molecule is CC12CCC(C(=O)NNC(=O)c3ccccc3F)(c3nc(C#N)c(C#N)nc31)C2(C)C. The molecular weight excluding hydrogens is 399 g/mol. The minimum atomic E-state index is -1.17. The molecule has 2 N–H and O–H groups in total. The second-order valence-electron chi connectivity index (χ2n) is 8.59. The van der Waals surface area contributed by atoms with Crippen LogP contribution in [-0.4, -0.2) is 21.8 Å². The fraction of sp³-hybridized carbons (Fsp3) is 0.364. The number of fused-ring (bicyclic) bond motifs is 5. The molecule has 2 aliphatic carbocycles. The van der Waals surface area contributed by atoms with E-state index in [4.69, 9.17) is 0 Å². The molecule has 156 valence electrons. The number of hydrogen-bond acceptors (Lipinski definition) is 6. The zero-order chi connectivity index (χ0) is 22.6. The molecule has 2 amide bonds. The van der Waals surface area contributed by atoms with E-state index in [1.54, 1.807) is 0 Å². The summed E-state index contributed by atoms with van der Waals surface area (Å²) in [5, 5.41) is 18.8. The van der Waals surface area contributed by atoms with Crippen molar-refractivity contribution in [2.75, 3.05) is 0 Å². The number of aromatic nitrogens is 2. The van der Waals surface area contributed by atoms with E-state index >= 15 is 0 Å². The number of carbonyl (C=O) groups is 2. The number of benzene rings is 1. The molecule has 0 spiro atoms. The van der Waals surface area contributed by atoms with Gasteiger partial charge in [-0.1, -0.05) is 32.9 Å². The molecule has 0 aliphatic heterocycles. The smallest absolute Gasteiger partial charge is 0.272 e. The van der Waals surface area contributed by atoms with Gasteiger partial charge >= 0.3 is 0 Å². The Labute approximate surface area is 178 Å². The van der Waals surface area contributed by atoms with E-state index in [2.05, 4.69) is 20.8 Å². The molecule has 2 bridgehead atoms. The number of hydrogen-bond donors (Lipinski definition) is 2. The maximum absolute atomic E-state index is 13.9. The van der Waals surface area contributed by atoms with Gasteiger partial charge in [-0.3, -0.25) is 20.4 Å². The molecule has 4 rings (SSSR count). The quantitative estimate of drug-likeness (QED) is 0.719. The highest BCUT2D eigenvalue weighted by Gasteiger charge is 2.73. The molecule has 8 nitrogen and oxygen atoms in total. The van der Waals surface area contributed by atoms with Crippen LogP contribution in [0.1, 0.15) is 66.7 Å². The molecule has 2 atom stereocenters. The number of nitrogens with one attached hydrogen (secondary N) is 2. The molecule has 0 saturated heterocycles. The lowest BCUT2D eigenvalue weighted by atomic mass is 9.63. The zero-order valence-corrected chi connectivity index (χ0v) is 17.2. The van der Waals surface area contributed by atoms with Gasteiger partial charge in [0.15, 0.2) is 11.4 Å². The summed E-state index contributed by atoms with van der Waals surface area (Å²) in [6.45, 7) is 5.80. The first-order valence-electron chi connectivity index (χ1n) is 9.72. The van der Waals surface area contributed by atoms with E-state index in [-0.39, 0.29) is 17.0 Å². The molecule has 2 aliphatic rings. The van der Waals surface area contributed by atoms with Crippen molar-refractivity contribution < 1.29 is 14.0 Å². The molecule has 31 heavy (non-hydrogen) atoms. The summed E-state index contributed by atoms with van der Waals surface area (Å²) in [5.41, 5.74) is 2.76. The summed E-state index contributed by atoms with van der Waals surface area (Å²) in [7, 11) is 0. The lowest BCUT2D eigenvalue weighted by molar-refractivity contribution is -0.131. The van der Waals surface area contributed by atoms with Crippen molar-refractivity contribution in [3.63, 3.8) is 0 Å². The summed E-state index contributed by atoms with van der Waals surface area (Å²) < 4.78 is 13.9. The minimum absolute atomic E-state index is 0.0748. The molecule has 0 radical (unpaired) electrons. The number of nitriles is 2. The lowest BCUT2D eigenvalue weighted by Crippen LogP contribution is -2.55. The maximum atomic E-state index is 13.9. The molecule has 1 saturated carbocycles. The fourth-order valence-corrected chi connectivity index (χ4v) is 5.07. The van der Waals surface area contributed by atoms with Gasteiger partial charge in [-0.15, -0.1) is 0 Å². The monoisotopic (exact) mass is 418 g/mol. The van der Waals surface area contributed by atoms with Gasteiger partial charge in [-0.25, -0.2) is 14.4 Å². The van der Waals surface area contributed by atoms with E-state index in [1.807, 2.05) is 32.9 Å². The van der Waals surface area contributed by atoms with Crippen LogP contribution in [0.2, 0.25) is 0 Å². The van der Waals surface area contributed by atoms with Crippen LogP contribution in [0.3, 0.4) is 0 Å². The van der Waals surface area contributed by atoms with E-state index in [0.29, 0.717) is 24.2 Å². The van der Waals surface area contributed by atoms with E-state index in [9.17, 15) is 24.5 Å². The van der Waals surface area contributed by atoms with Crippen LogP contribution in [0.4, 0.5) is 4.39 Å². The summed E-state index contributed by atoms with van der Waals surface area (Å²) >= 11 is 0. The van der Waals surface area contributed by atoms with Crippen LogP contribution in [-0.2, 0) is 15.6 Å². The van der Waals surface area contributed by atoms with E-state index in [1.165, 1.54) is 18.2 Å². The van der Waals surface area contributed by atoms with Crippen molar-refractivity contribution in [2.24, 2.45) is 5.41 Å². The molecule has 2 unspecified atom stereocenters. The topological polar surface area (TPSA) is 132 Å². The zero-order valence-electron chi connectivity index (χ0n) is 17.2. The van der Waals surface area contributed by atoms with Crippen molar-refractivity contribution >= 4 is 11.8 Å². The van der Waals surface area contributed by atoms with Crippen molar-refractivity contribution in [1.29, 1.82) is 10.5 Å². The second kappa shape index (κ2) is 6.58. The molecule has 1 aromatic heterocycles. The van der Waals surface area contributed by atoms with E-state index in [0.717, 1.165) is 6.07 Å². The Morgan fingerprint density at radius 1 is 1.00 bits per heavy atom. The molecule has 9 heteroatoms. The summed E-state index contributed by atoms with van der Waals surface area (Å²) in [6, 6.07) is 9.21. The highest BCUT2D eigenvalue weighted by molar-refractivity contribution is 5.98. The van der Waals surface area contributed by atoms with Gasteiger partial charge in [0.1, 0.15) is 23.4 Å². The van der Waals surface area contributed by atoms with Crippen molar-refractivity contribution in [2.45, 2.75) is 44.4 Å². The maximum Gasteiger partial charge on any atom is 0.272 e. The highest BCUT2D eigenvalue weighted by atomic mass is 19.1. The molecule has 2 aromatic rings. The highest BCUT2D eigenvalue weighted by Crippen LogP contribution is 2.70. The van der Waals surface area contributed by atoms with Crippen LogP contribution in [0, 0.1) is 33.9 Å². The molecule has 1 heterocycles. The van der Waals surface area contributed by atoms with Gasteiger partial charge in [0, 0.05) is 5.41 Å². The Kier molecular flexibility index (Phi) is 4.33. The normalized spacial score (nSPS) is 24.6. The average Bonchev–Trinajstić information content (AvgIpc) is 3.06. The Morgan fingerprint density at radius 2 is 1.61 bits per heavy atom. The van der Waals surface area contributed by atoms with Gasteiger partial charge in [0.2, 0.25) is 0 Å². The first-order chi connectivity index (χ1) is 14.6. The van der Waals surface area contributed by atoms with Crippen LogP contribution < -0.4 is 10.9 Å². The number of amides is 2. The fourth-order valence-electron chi connectivity index (χ4n) is 5.07. The van der Waals surface area contributed by atoms with Crippen LogP contribution in [0.5, 0.6) is 0 Å². The predicted octanol–water partition coefficient (Wildman–Crippen LogP) is 2.15. The van der Waals surface area contributed by atoms with E-state index < -0.39 is 33.9 Å². The number of nitrogens with zero attached hydrogens (tertiary/aromatic N) is 4. The number of hydrazine groups is 1. The van der Waals surface area contributed by atoms with Crippen LogP contribution in [0.25, 0.3) is 0 Å². The summed E-state index contributed by atoms with van der Waals surface area (Å²) in [6.07, 6.45) is 1.05. The molecular formula is C22H19FN6O2. The Hall–Kier alpha value is -3.85. The predicted molar refractivity (Wildman–Crippen MR) is 106 cm³/mol. The third-order valence-electron chi connectivity index (χ3n) is 7.28. The summed E-state index contributed by atoms with van der Waals surface area (Å²) in [4.78, 5) is 34.6. The third kappa shape index (κ3) is 2.43. The Morgan fingerprint density at radius 3 is 2.23 bits per heavy atom. The number of carbonyl (C=O) groups excluding carboxylic acids is 2. The minimum Gasteiger partial charge on any atom is -0.272 e. The van der Waals surface area contributed by atoms with Crippen LogP contribution >= 0.6 is 0 Å². The van der Waals surface area contributed by atoms with Gasteiger partial charge in [0.25, 0.3) is 11.8 Å². The average molecular weight is 418 g/mol. The summed E-state index contributed by atoms with van der Waals surface area (Å²) in [5.74, 6) is -2.02. The Bertz CT molecular complexity index is 1230. The first kappa shape index (κ1) is 20.4. The first-order valence-corrected chi connectivity index (χ1v) is 9.72. The molecule has 1 fully saturated rings. The number of rotatable bonds is 2. The van der Waals surface area contributed by atoms with Gasteiger partial charge < -0.3 is 0 Å². The van der Waals surface area contributed by atoms with Gasteiger partial charge in [-0.2, -0.15) is 10.5 Å². The largest absolute Gasteiger partial charge is 0.272 e. The molecule has 1 aromatic carbocycles. The standard InChI is InChI=1S/C22H19FN6O2/c1-20(2)21(3)8-9-22(20,17-16(21)26-14(10-24)15(11-25)27-17)19(31)29-28-18(30)12-6-4-5-7-13(12)23/h4-7H,8-9H2,1-3H3,(H,28,30)(H,29,31). The lowest BCUT2D eigenvalue weighted by Gasteiger charge is -2.39.